The molecule has 0 unspecified atom stereocenters. The molecule has 1 saturated heterocycles. The van der Waals surface area contributed by atoms with Crippen LogP contribution in [0, 0.1) is 0 Å². The van der Waals surface area contributed by atoms with Gasteiger partial charge in [0.15, 0.2) is 0 Å². The summed E-state index contributed by atoms with van der Waals surface area (Å²) in [4.78, 5) is 26.5. The van der Waals surface area contributed by atoms with Crippen LogP contribution in [0.15, 0.2) is 22.7 Å². The number of hydrogen-bond donors (Lipinski definition) is 2. The van der Waals surface area contributed by atoms with Gasteiger partial charge in [-0.15, -0.1) is 0 Å². The lowest BCUT2D eigenvalue weighted by atomic mass is 10.0. The predicted octanol–water partition coefficient (Wildman–Crippen LogP) is 3.42. The molecule has 7 heteroatoms. The number of carbonyl (C=O) groups excluding carboxylic acids is 2. The van der Waals surface area contributed by atoms with Crippen LogP contribution in [0.5, 0.6) is 0 Å². The second-order valence-corrected chi connectivity index (χ2v) is 7.31. The van der Waals surface area contributed by atoms with E-state index >= 15 is 0 Å². The van der Waals surface area contributed by atoms with Crippen LogP contribution >= 0.6 is 27.5 Å². The van der Waals surface area contributed by atoms with Crippen LogP contribution in [0.4, 0.5) is 5.69 Å². The van der Waals surface area contributed by atoms with Gasteiger partial charge in [0.2, 0.25) is 0 Å². The molecule has 1 heterocycles. The summed E-state index contributed by atoms with van der Waals surface area (Å²) >= 11 is 9.18. The van der Waals surface area contributed by atoms with Crippen molar-refractivity contribution in [2.24, 2.45) is 0 Å². The molecular formula is C17H23BrClN3O2. The topological polar surface area (TPSA) is 61.4 Å². The summed E-state index contributed by atoms with van der Waals surface area (Å²) in [7, 11) is 0. The van der Waals surface area contributed by atoms with Crippen LogP contribution in [-0.4, -0.2) is 42.4 Å². The van der Waals surface area contributed by atoms with Crippen molar-refractivity contribution in [3.05, 3.63) is 27.7 Å². The van der Waals surface area contributed by atoms with E-state index in [9.17, 15) is 9.59 Å². The van der Waals surface area contributed by atoms with E-state index in [1.807, 2.05) is 0 Å². The van der Waals surface area contributed by atoms with Gasteiger partial charge in [-0.2, -0.15) is 0 Å². The Balaban J connectivity index is 1.79. The SMILES string of the molecule is CCCCN1CCC(NC(=O)C(=O)Nc2ccc(Cl)cc2Br)CC1. The second kappa shape index (κ2) is 9.39. The second-order valence-electron chi connectivity index (χ2n) is 6.02. The van der Waals surface area contributed by atoms with Crippen molar-refractivity contribution in [1.29, 1.82) is 0 Å². The highest BCUT2D eigenvalue weighted by molar-refractivity contribution is 9.10. The average Bonchev–Trinajstić information content (AvgIpc) is 2.56. The lowest BCUT2D eigenvalue weighted by molar-refractivity contribution is -0.136. The summed E-state index contributed by atoms with van der Waals surface area (Å²) in [6, 6.07) is 5.05. The van der Waals surface area contributed by atoms with Crippen LogP contribution in [0.2, 0.25) is 5.02 Å². The monoisotopic (exact) mass is 415 g/mol. The number of rotatable bonds is 5. The molecule has 1 aromatic carbocycles. The van der Waals surface area contributed by atoms with E-state index in [1.165, 1.54) is 12.8 Å². The van der Waals surface area contributed by atoms with Crippen molar-refractivity contribution >= 4 is 45.0 Å². The smallest absolute Gasteiger partial charge is 0.313 e. The van der Waals surface area contributed by atoms with Crippen molar-refractivity contribution in [2.45, 2.75) is 38.6 Å². The highest BCUT2D eigenvalue weighted by Gasteiger charge is 2.23. The number of likely N-dealkylation sites (tertiary alicyclic amines) is 1. The molecule has 0 saturated carbocycles. The normalized spacial score (nSPS) is 16.0. The van der Waals surface area contributed by atoms with Crippen molar-refractivity contribution < 1.29 is 9.59 Å². The Kier molecular flexibility index (Phi) is 7.52. The summed E-state index contributed by atoms with van der Waals surface area (Å²) in [6.45, 7) is 5.23. The molecule has 0 aromatic heterocycles. The lowest BCUT2D eigenvalue weighted by Crippen LogP contribution is -2.47. The van der Waals surface area contributed by atoms with Gasteiger partial charge in [-0.25, -0.2) is 0 Å². The fraction of sp³-hybridized carbons (Fsp3) is 0.529. The van der Waals surface area contributed by atoms with Gasteiger partial charge < -0.3 is 15.5 Å². The molecular weight excluding hydrogens is 394 g/mol. The Morgan fingerprint density at radius 2 is 2.00 bits per heavy atom. The minimum Gasteiger partial charge on any atom is -0.345 e. The molecule has 1 aromatic rings. The Hall–Kier alpha value is -1.11. The number of nitrogens with zero attached hydrogens (tertiary/aromatic N) is 1. The van der Waals surface area contributed by atoms with E-state index < -0.39 is 11.8 Å². The van der Waals surface area contributed by atoms with E-state index in [-0.39, 0.29) is 6.04 Å². The summed E-state index contributed by atoms with van der Waals surface area (Å²) in [6.07, 6.45) is 4.16. The number of halogens is 2. The van der Waals surface area contributed by atoms with E-state index in [0.29, 0.717) is 15.2 Å². The van der Waals surface area contributed by atoms with Gasteiger partial charge in [0, 0.05) is 28.6 Å². The molecule has 5 nitrogen and oxygen atoms in total. The molecule has 132 valence electrons. The summed E-state index contributed by atoms with van der Waals surface area (Å²) < 4.78 is 0.639. The molecule has 2 rings (SSSR count). The number of nitrogens with one attached hydrogen (secondary N) is 2. The molecule has 0 spiro atoms. The number of benzene rings is 1. The highest BCUT2D eigenvalue weighted by Crippen LogP contribution is 2.25. The zero-order valence-electron chi connectivity index (χ0n) is 13.8. The van der Waals surface area contributed by atoms with Gasteiger partial charge in [-0.05, 0) is 59.9 Å². The van der Waals surface area contributed by atoms with Gasteiger partial charge in [0.1, 0.15) is 0 Å². The molecule has 2 N–H and O–H groups in total. The summed E-state index contributed by atoms with van der Waals surface area (Å²) in [5.41, 5.74) is 0.522. The first kappa shape index (κ1) is 19.2. The molecule has 1 fully saturated rings. The van der Waals surface area contributed by atoms with Gasteiger partial charge in [-0.1, -0.05) is 24.9 Å². The van der Waals surface area contributed by atoms with Crippen LogP contribution in [-0.2, 0) is 9.59 Å². The maximum Gasteiger partial charge on any atom is 0.313 e. The molecule has 24 heavy (non-hydrogen) atoms. The Morgan fingerprint density at radius 3 is 2.62 bits per heavy atom. The van der Waals surface area contributed by atoms with Crippen LogP contribution in [0.25, 0.3) is 0 Å². The van der Waals surface area contributed by atoms with E-state index in [4.69, 9.17) is 11.6 Å². The molecule has 1 aliphatic rings. The first-order valence-corrected chi connectivity index (χ1v) is 9.46. The maximum absolute atomic E-state index is 12.1. The number of anilines is 1. The fourth-order valence-corrected chi connectivity index (χ4v) is 3.49. The molecule has 0 radical (unpaired) electrons. The van der Waals surface area contributed by atoms with Crippen molar-refractivity contribution in [2.75, 3.05) is 25.0 Å². The predicted molar refractivity (Wildman–Crippen MR) is 100 cm³/mol. The van der Waals surface area contributed by atoms with Gasteiger partial charge in [0.05, 0.1) is 5.69 Å². The zero-order chi connectivity index (χ0) is 17.5. The van der Waals surface area contributed by atoms with E-state index in [1.54, 1.807) is 18.2 Å². The number of carbonyl (C=O) groups is 2. The Bertz CT molecular complexity index is 589. The number of piperidine rings is 1. The molecule has 2 amide bonds. The first-order valence-electron chi connectivity index (χ1n) is 8.29. The summed E-state index contributed by atoms with van der Waals surface area (Å²) in [5.74, 6) is -1.25. The van der Waals surface area contributed by atoms with Gasteiger partial charge >= 0.3 is 11.8 Å². The minimum absolute atomic E-state index is 0.0646. The first-order chi connectivity index (χ1) is 11.5. The fourth-order valence-electron chi connectivity index (χ4n) is 2.70. The number of amides is 2. The number of hydrogen-bond acceptors (Lipinski definition) is 3. The van der Waals surface area contributed by atoms with E-state index in [2.05, 4.69) is 38.4 Å². The van der Waals surface area contributed by atoms with Crippen molar-refractivity contribution in [1.82, 2.24) is 10.2 Å². The van der Waals surface area contributed by atoms with E-state index in [0.717, 1.165) is 32.5 Å². The maximum atomic E-state index is 12.1. The quantitative estimate of drug-likeness (QED) is 0.723. The zero-order valence-corrected chi connectivity index (χ0v) is 16.1. The molecule has 0 atom stereocenters. The van der Waals surface area contributed by atoms with Crippen LogP contribution in [0.1, 0.15) is 32.6 Å². The van der Waals surface area contributed by atoms with Gasteiger partial charge in [-0.3, -0.25) is 9.59 Å². The third kappa shape index (κ3) is 5.76. The van der Waals surface area contributed by atoms with Crippen LogP contribution in [0.3, 0.4) is 0 Å². The highest BCUT2D eigenvalue weighted by atomic mass is 79.9. The number of unbranched alkanes of at least 4 members (excludes halogenated alkanes) is 1. The van der Waals surface area contributed by atoms with Gasteiger partial charge in [0.25, 0.3) is 0 Å². The standard InChI is InChI=1S/C17H23BrClN3O2/c1-2-3-8-22-9-6-13(7-10-22)20-16(23)17(24)21-15-5-4-12(19)11-14(15)18/h4-5,11,13H,2-3,6-10H2,1H3,(H,20,23)(H,21,24). The third-order valence-corrected chi connectivity index (χ3v) is 5.03. The Labute approximate surface area is 156 Å². The minimum atomic E-state index is -0.661. The largest absolute Gasteiger partial charge is 0.345 e. The lowest BCUT2D eigenvalue weighted by Gasteiger charge is -2.32. The Morgan fingerprint density at radius 1 is 1.29 bits per heavy atom. The average molecular weight is 417 g/mol. The molecule has 1 aliphatic heterocycles. The molecule has 0 bridgehead atoms. The van der Waals surface area contributed by atoms with Crippen molar-refractivity contribution in [3.8, 4) is 0 Å². The van der Waals surface area contributed by atoms with Crippen LogP contribution < -0.4 is 10.6 Å². The third-order valence-electron chi connectivity index (χ3n) is 4.14. The van der Waals surface area contributed by atoms with Crippen molar-refractivity contribution in [3.63, 3.8) is 0 Å². The molecule has 0 aliphatic carbocycles. The summed E-state index contributed by atoms with van der Waals surface area (Å²) in [5, 5.41) is 5.98.